The second kappa shape index (κ2) is 9.41. The number of anilines is 1. The summed E-state index contributed by atoms with van der Waals surface area (Å²) < 4.78 is 30.6. The molecule has 0 aliphatic carbocycles. The van der Waals surface area contributed by atoms with Gasteiger partial charge in [0, 0.05) is 29.3 Å². The predicted molar refractivity (Wildman–Crippen MR) is 108 cm³/mol. The zero-order valence-electron chi connectivity index (χ0n) is 14.9. The predicted octanol–water partition coefficient (Wildman–Crippen LogP) is 3.34. The van der Waals surface area contributed by atoms with Crippen LogP contribution in [0.15, 0.2) is 42.5 Å². The van der Waals surface area contributed by atoms with Gasteiger partial charge in [-0.3, -0.25) is 9.10 Å². The van der Waals surface area contributed by atoms with Crippen molar-refractivity contribution in [1.29, 1.82) is 0 Å². The highest BCUT2D eigenvalue weighted by Gasteiger charge is 2.19. The van der Waals surface area contributed by atoms with E-state index in [1.807, 2.05) is 0 Å². The molecular weight excluding hydrogens is 411 g/mol. The number of carbonyl (C=O) groups excluding carboxylic acids is 1. The van der Waals surface area contributed by atoms with Crippen LogP contribution >= 0.6 is 23.2 Å². The van der Waals surface area contributed by atoms with E-state index in [1.165, 1.54) is 22.5 Å². The SMILES string of the molecule is COCCNC(=O)c1ccc(CN(c2cc(Cl)cc(Cl)c2)S(C)(=O)=O)cc1. The summed E-state index contributed by atoms with van der Waals surface area (Å²) in [6.07, 6.45) is 1.11. The first-order valence-electron chi connectivity index (χ1n) is 8.00. The summed E-state index contributed by atoms with van der Waals surface area (Å²) in [5, 5.41) is 3.41. The molecule has 9 heteroatoms. The Hall–Kier alpha value is -1.80. The van der Waals surface area contributed by atoms with Crippen LogP contribution in [-0.2, 0) is 21.3 Å². The van der Waals surface area contributed by atoms with Crippen LogP contribution < -0.4 is 9.62 Å². The zero-order chi connectivity index (χ0) is 20.0. The number of carbonyl (C=O) groups is 1. The van der Waals surface area contributed by atoms with Crippen molar-refractivity contribution < 1.29 is 17.9 Å². The van der Waals surface area contributed by atoms with E-state index >= 15 is 0 Å². The van der Waals surface area contributed by atoms with Gasteiger partial charge in [-0.15, -0.1) is 0 Å². The molecule has 146 valence electrons. The van der Waals surface area contributed by atoms with Crippen LogP contribution in [0, 0.1) is 0 Å². The molecular formula is C18H20Cl2N2O4S. The molecule has 0 fully saturated rings. The van der Waals surface area contributed by atoms with Gasteiger partial charge < -0.3 is 10.1 Å². The van der Waals surface area contributed by atoms with Crippen LogP contribution in [0.1, 0.15) is 15.9 Å². The van der Waals surface area contributed by atoms with E-state index in [-0.39, 0.29) is 12.5 Å². The number of nitrogens with zero attached hydrogens (tertiary/aromatic N) is 1. The fourth-order valence-electron chi connectivity index (χ4n) is 2.38. The number of amides is 1. The quantitative estimate of drug-likeness (QED) is 0.651. The largest absolute Gasteiger partial charge is 0.383 e. The fourth-order valence-corrected chi connectivity index (χ4v) is 3.77. The lowest BCUT2D eigenvalue weighted by atomic mass is 10.1. The molecule has 2 rings (SSSR count). The molecule has 0 spiro atoms. The highest BCUT2D eigenvalue weighted by Crippen LogP contribution is 2.28. The molecule has 0 aliphatic rings. The maximum Gasteiger partial charge on any atom is 0.251 e. The Morgan fingerprint density at radius 3 is 2.22 bits per heavy atom. The molecule has 0 radical (unpaired) electrons. The summed E-state index contributed by atoms with van der Waals surface area (Å²) in [6, 6.07) is 11.3. The monoisotopic (exact) mass is 430 g/mol. The van der Waals surface area contributed by atoms with Gasteiger partial charge in [0.2, 0.25) is 10.0 Å². The third-order valence-corrected chi connectivity index (χ3v) is 5.25. The van der Waals surface area contributed by atoms with Crippen molar-refractivity contribution in [3.05, 3.63) is 63.6 Å². The van der Waals surface area contributed by atoms with Gasteiger partial charge in [-0.2, -0.15) is 0 Å². The van der Waals surface area contributed by atoms with Crippen LogP contribution in [0.25, 0.3) is 0 Å². The number of sulfonamides is 1. The Balaban J connectivity index is 2.20. The number of benzene rings is 2. The summed E-state index contributed by atoms with van der Waals surface area (Å²) in [6.45, 7) is 0.922. The Kier molecular flexibility index (Phi) is 7.49. The van der Waals surface area contributed by atoms with Crippen LogP contribution in [-0.4, -0.2) is 40.8 Å². The first-order valence-corrected chi connectivity index (χ1v) is 10.6. The summed E-state index contributed by atoms with van der Waals surface area (Å²) in [5.74, 6) is -0.222. The number of ether oxygens (including phenoxy) is 1. The van der Waals surface area contributed by atoms with Crippen molar-refractivity contribution in [1.82, 2.24) is 5.32 Å². The number of hydrogen-bond acceptors (Lipinski definition) is 4. The van der Waals surface area contributed by atoms with E-state index in [9.17, 15) is 13.2 Å². The molecule has 1 amide bonds. The number of methoxy groups -OCH3 is 1. The third-order valence-electron chi connectivity index (χ3n) is 3.67. The zero-order valence-corrected chi connectivity index (χ0v) is 17.2. The van der Waals surface area contributed by atoms with Gasteiger partial charge in [-0.25, -0.2) is 8.42 Å². The summed E-state index contributed by atoms with van der Waals surface area (Å²) >= 11 is 12.0. The normalized spacial score (nSPS) is 11.3. The minimum atomic E-state index is -3.57. The van der Waals surface area contributed by atoms with Crippen molar-refractivity contribution in [2.45, 2.75) is 6.54 Å². The van der Waals surface area contributed by atoms with E-state index in [2.05, 4.69) is 5.32 Å². The molecule has 27 heavy (non-hydrogen) atoms. The van der Waals surface area contributed by atoms with Crippen LogP contribution in [0.2, 0.25) is 10.0 Å². The van der Waals surface area contributed by atoms with Crippen molar-refractivity contribution in [2.24, 2.45) is 0 Å². The minimum Gasteiger partial charge on any atom is -0.383 e. The first kappa shape index (κ1) is 21.5. The molecule has 2 aromatic rings. The fraction of sp³-hybridized carbons (Fsp3) is 0.278. The molecule has 2 aromatic carbocycles. The number of halogens is 2. The Morgan fingerprint density at radius 1 is 1.11 bits per heavy atom. The third kappa shape index (κ3) is 6.39. The van der Waals surface area contributed by atoms with E-state index in [0.717, 1.165) is 6.26 Å². The molecule has 1 N–H and O–H groups in total. The molecule has 0 aromatic heterocycles. The van der Waals surface area contributed by atoms with Crippen molar-refractivity contribution in [2.75, 3.05) is 30.8 Å². The van der Waals surface area contributed by atoms with Crippen molar-refractivity contribution in [3.8, 4) is 0 Å². The standard InChI is InChI=1S/C18H20Cl2N2O4S/c1-26-8-7-21-18(23)14-5-3-13(4-6-14)12-22(27(2,24)25)17-10-15(19)9-16(20)11-17/h3-6,9-11H,7-8,12H2,1-2H3,(H,21,23). The Bertz CT molecular complexity index is 882. The summed E-state index contributed by atoms with van der Waals surface area (Å²) in [5.41, 5.74) is 1.56. The lowest BCUT2D eigenvalue weighted by Gasteiger charge is -2.23. The minimum absolute atomic E-state index is 0.0844. The van der Waals surface area contributed by atoms with Gasteiger partial charge in [0.15, 0.2) is 0 Å². The van der Waals surface area contributed by atoms with Gasteiger partial charge >= 0.3 is 0 Å². The number of hydrogen-bond donors (Lipinski definition) is 1. The van der Waals surface area contributed by atoms with E-state index in [4.69, 9.17) is 27.9 Å². The van der Waals surface area contributed by atoms with Crippen molar-refractivity contribution in [3.63, 3.8) is 0 Å². The summed E-state index contributed by atoms with van der Waals surface area (Å²) in [7, 11) is -2.01. The molecule has 6 nitrogen and oxygen atoms in total. The van der Waals surface area contributed by atoms with Crippen molar-refractivity contribution >= 4 is 44.8 Å². The van der Waals surface area contributed by atoms with Crippen LogP contribution in [0.5, 0.6) is 0 Å². The second-order valence-electron chi connectivity index (χ2n) is 5.84. The smallest absolute Gasteiger partial charge is 0.251 e. The highest BCUT2D eigenvalue weighted by atomic mass is 35.5. The first-order chi connectivity index (χ1) is 12.7. The second-order valence-corrected chi connectivity index (χ2v) is 8.62. The van der Waals surface area contributed by atoms with E-state index in [1.54, 1.807) is 31.4 Å². The molecule has 0 bridgehead atoms. The summed E-state index contributed by atoms with van der Waals surface area (Å²) in [4.78, 5) is 12.0. The van der Waals surface area contributed by atoms with Gasteiger partial charge in [0.05, 0.1) is 25.1 Å². The Labute approximate surface area is 169 Å². The maximum atomic E-state index is 12.2. The lowest BCUT2D eigenvalue weighted by Crippen LogP contribution is -2.29. The van der Waals surface area contributed by atoms with Crippen LogP contribution in [0.4, 0.5) is 5.69 Å². The topological polar surface area (TPSA) is 75.7 Å². The van der Waals surface area contributed by atoms with E-state index in [0.29, 0.717) is 40.0 Å². The maximum absolute atomic E-state index is 12.2. The Morgan fingerprint density at radius 2 is 1.70 bits per heavy atom. The van der Waals surface area contributed by atoms with Gasteiger partial charge in [0.25, 0.3) is 5.91 Å². The van der Waals surface area contributed by atoms with E-state index < -0.39 is 10.0 Å². The van der Waals surface area contributed by atoms with Crippen LogP contribution in [0.3, 0.4) is 0 Å². The molecule has 0 saturated heterocycles. The molecule has 0 saturated carbocycles. The number of nitrogens with one attached hydrogen (secondary N) is 1. The lowest BCUT2D eigenvalue weighted by molar-refractivity contribution is 0.0937. The molecule has 0 unspecified atom stereocenters. The van der Waals surface area contributed by atoms with Gasteiger partial charge in [0.1, 0.15) is 0 Å². The average Bonchev–Trinajstić information content (AvgIpc) is 2.58. The molecule has 0 atom stereocenters. The van der Waals surface area contributed by atoms with Gasteiger partial charge in [-0.05, 0) is 35.9 Å². The highest BCUT2D eigenvalue weighted by molar-refractivity contribution is 7.92. The number of rotatable bonds is 8. The molecule has 0 heterocycles. The van der Waals surface area contributed by atoms with Gasteiger partial charge in [-0.1, -0.05) is 35.3 Å². The molecule has 0 aliphatic heterocycles. The average molecular weight is 431 g/mol.